The molecular weight excluding hydrogens is 324 g/mol. The zero-order valence-electron chi connectivity index (χ0n) is 12.9. The van der Waals surface area contributed by atoms with E-state index in [-0.39, 0.29) is 24.5 Å². The van der Waals surface area contributed by atoms with E-state index in [1.165, 1.54) is 0 Å². The van der Waals surface area contributed by atoms with Crippen LogP contribution < -0.4 is 10.9 Å². The number of hydrogen-bond acceptors (Lipinski definition) is 5. The SMILES string of the molecule is O=C1CCC(C(=O)NN2C(=O)c3cccc4cccc(c34)C2=O)=NN1. The Kier molecular flexibility index (Phi) is 3.31. The molecule has 0 aliphatic carbocycles. The minimum Gasteiger partial charge on any atom is -0.273 e. The fourth-order valence-corrected chi connectivity index (χ4v) is 2.94. The minimum absolute atomic E-state index is 0.0530. The first-order chi connectivity index (χ1) is 12.1. The van der Waals surface area contributed by atoms with Gasteiger partial charge in [0.15, 0.2) is 0 Å². The topological polar surface area (TPSA) is 108 Å². The van der Waals surface area contributed by atoms with E-state index in [2.05, 4.69) is 16.0 Å². The van der Waals surface area contributed by atoms with Crippen LogP contribution in [0.5, 0.6) is 0 Å². The number of amides is 4. The third-order valence-corrected chi connectivity index (χ3v) is 4.15. The Hall–Kier alpha value is -3.55. The molecule has 0 radical (unpaired) electrons. The summed E-state index contributed by atoms with van der Waals surface area (Å²) in [6.45, 7) is 0. The Bertz CT molecular complexity index is 945. The quantitative estimate of drug-likeness (QED) is 0.788. The normalized spacial score (nSPS) is 16.6. The Labute approximate surface area is 141 Å². The van der Waals surface area contributed by atoms with Crippen LogP contribution in [0.2, 0.25) is 0 Å². The van der Waals surface area contributed by atoms with Crippen molar-refractivity contribution in [3.63, 3.8) is 0 Å². The highest BCUT2D eigenvalue weighted by Gasteiger charge is 2.35. The van der Waals surface area contributed by atoms with Gasteiger partial charge in [0.05, 0.1) is 11.1 Å². The number of hydrogen-bond donors (Lipinski definition) is 2. The second-order valence-electron chi connectivity index (χ2n) is 5.69. The molecule has 4 rings (SSSR count). The van der Waals surface area contributed by atoms with Crippen molar-refractivity contribution in [2.45, 2.75) is 12.8 Å². The molecule has 124 valence electrons. The van der Waals surface area contributed by atoms with Gasteiger partial charge in [-0.3, -0.25) is 24.6 Å². The molecule has 25 heavy (non-hydrogen) atoms. The summed E-state index contributed by atoms with van der Waals surface area (Å²) in [5, 5.41) is 5.71. The molecule has 0 aromatic heterocycles. The lowest BCUT2D eigenvalue weighted by molar-refractivity contribution is -0.121. The van der Waals surface area contributed by atoms with Gasteiger partial charge in [-0.1, -0.05) is 24.3 Å². The van der Waals surface area contributed by atoms with Gasteiger partial charge in [-0.15, -0.1) is 0 Å². The molecule has 4 amide bonds. The van der Waals surface area contributed by atoms with Crippen LogP contribution in [0.25, 0.3) is 10.8 Å². The van der Waals surface area contributed by atoms with Gasteiger partial charge in [0, 0.05) is 18.2 Å². The third kappa shape index (κ3) is 2.35. The highest BCUT2D eigenvalue weighted by Crippen LogP contribution is 2.29. The van der Waals surface area contributed by atoms with Crippen molar-refractivity contribution in [3.05, 3.63) is 47.5 Å². The van der Waals surface area contributed by atoms with Crippen molar-refractivity contribution in [2.24, 2.45) is 5.10 Å². The molecule has 0 bridgehead atoms. The Balaban J connectivity index is 1.69. The van der Waals surface area contributed by atoms with Crippen LogP contribution in [0.4, 0.5) is 0 Å². The summed E-state index contributed by atoms with van der Waals surface area (Å²) in [5.74, 6) is -2.21. The maximum absolute atomic E-state index is 12.7. The summed E-state index contributed by atoms with van der Waals surface area (Å²) in [4.78, 5) is 48.7. The average Bonchev–Trinajstić information content (AvgIpc) is 2.63. The van der Waals surface area contributed by atoms with Crippen molar-refractivity contribution >= 4 is 40.1 Å². The molecule has 0 fully saturated rings. The molecule has 0 spiro atoms. The summed E-state index contributed by atoms with van der Waals surface area (Å²) in [6, 6.07) is 10.3. The predicted octanol–water partition coefficient (Wildman–Crippen LogP) is 0.733. The summed E-state index contributed by atoms with van der Waals surface area (Å²) < 4.78 is 0. The zero-order valence-corrected chi connectivity index (χ0v) is 12.9. The smallest absolute Gasteiger partial charge is 0.273 e. The second kappa shape index (κ2) is 5.52. The maximum atomic E-state index is 12.7. The van der Waals surface area contributed by atoms with Gasteiger partial charge in [0.2, 0.25) is 5.91 Å². The number of nitrogens with one attached hydrogen (secondary N) is 2. The van der Waals surface area contributed by atoms with Crippen LogP contribution >= 0.6 is 0 Å². The zero-order chi connectivity index (χ0) is 17.6. The molecule has 2 N–H and O–H groups in total. The number of carbonyl (C=O) groups is 4. The van der Waals surface area contributed by atoms with E-state index in [9.17, 15) is 19.2 Å². The molecule has 8 heteroatoms. The number of nitrogens with zero attached hydrogens (tertiary/aromatic N) is 2. The number of carbonyl (C=O) groups excluding carboxylic acids is 4. The molecule has 8 nitrogen and oxygen atoms in total. The van der Waals surface area contributed by atoms with Crippen molar-refractivity contribution in [1.29, 1.82) is 0 Å². The molecule has 2 aliphatic rings. The highest BCUT2D eigenvalue weighted by atomic mass is 16.2. The van der Waals surface area contributed by atoms with Gasteiger partial charge in [0.25, 0.3) is 17.7 Å². The van der Waals surface area contributed by atoms with E-state index >= 15 is 0 Å². The van der Waals surface area contributed by atoms with Crippen molar-refractivity contribution in [3.8, 4) is 0 Å². The predicted molar refractivity (Wildman–Crippen MR) is 87.4 cm³/mol. The average molecular weight is 336 g/mol. The molecule has 0 saturated heterocycles. The van der Waals surface area contributed by atoms with E-state index in [0.29, 0.717) is 21.5 Å². The van der Waals surface area contributed by atoms with Crippen LogP contribution in [0, 0.1) is 0 Å². The van der Waals surface area contributed by atoms with Gasteiger partial charge < -0.3 is 0 Å². The van der Waals surface area contributed by atoms with E-state index in [1.54, 1.807) is 24.3 Å². The molecule has 0 saturated carbocycles. The minimum atomic E-state index is -0.701. The lowest BCUT2D eigenvalue weighted by Gasteiger charge is -2.27. The van der Waals surface area contributed by atoms with Crippen molar-refractivity contribution < 1.29 is 19.2 Å². The number of hydrazine groups is 1. The molecule has 0 unspecified atom stereocenters. The molecule has 0 atom stereocenters. The first-order valence-corrected chi connectivity index (χ1v) is 7.63. The Morgan fingerprint density at radius 2 is 1.64 bits per heavy atom. The van der Waals surface area contributed by atoms with E-state index in [0.717, 1.165) is 5.39 Å². The van der Waals surface area contributed by atoms with Crippen LogP contribution in [0.1, 0.15) is 33.6 Å². The fourth-order valence-electron chi connectivity index (χ4n) is 2.94. The van der Waals surface area contributed by atoms with E-state index < -0.39 is 17.7 Å². The van der Waals surface area contributed by atoms with Gasteiger partial charge >= 0.3 is 0 Å². The fraction of sp³-hybridized carbons (Fsp3) is 0.118. The standard InChI is InChI=1S/C17H12N4O4/c22-13-8-7-12(18-19-13)15(23)20-21-16(24)10-5-1-3-9-4-2-6-11(14(9)10)17(21)25/h1-6H,7-8H2,(H,19,22)(H,20,23). The van der Waals surface area contributed by atoms with E-state index in [4.69, 9.17) is 0 Å². The lowest BCUT2D eigenvalue weighted by atomic mass is 9.95. The second-order valence-corrected chi connectivity index (χ2v) is 5.69. The van der Waals surface area contributed by atoms with Crippen molar-refractivity contribution in [2.75, 3.05) is 0 Å². The molecule has 2 heterocycles. The van der Waals surface area contributed by atoms with E-state index in [1.807, 2.05) is 12.1 Å². The van der Waals surface area contributed by atoms with Gasteiger partial charge in [-0.2, -0.15) is 10.1 Å². The molecule has 2 aromatic carbocycles. The third-order valence-electron chi connectivity index (χ3n) is 4.15. The number of benzene rings is 2. The first-order valence-electron chi connectivity index (χ1n) is 7.63. The summed E-state index contributed by atoms with van der Waals surface area (Å²) in [5.41, 5.74) is 5.24. The van der Waals surface area contributed by atoms with Crippen molar-refractivity contribution in [1.82, 2.24) is 15.9 Å². The van der Waals surface area contributed by atoms with Gasteiger partial charge in [0.1, 0.15) is 5.71 Å². The van der Waals surface area contributed by atoms with Crippen LogP contribution in [0.3, 0.4) is 0 Å². The van der Waals surface area contributed by atoms with Crippen LogP contribution in [0.15, 0.2) is 41.5 Å². The monoisotopic (exact) mass is 336 g/mol. The molecular formula is C17H12N4O4. The highest BCUT2D eigenvalue weighted by molar-refractivity contribution is 6.40. The number of rotatable bonds is 2. The largest absolute Gasteiger partial charge is 0.286 e. The summed E-state index contributed by atoms with van der Waals surface area (Å²) >= 11 is 0. The van der Waals surface area contributed by atoms with Gasteiger partial charge in [-0.05, 0) is 17.5 Å². The summed E-state index contributed by atoms with van der Waals surface area (Å²) in [6.07, 6.45) is 0.260. The summed E-state index contributed by atoms with van der Waals surface area (Å²) in [7, 11) is 0. The molecule has 2 aromatic rings. The first kappa shape index (κ1) is 15.0. The number of hydrazone groups is 1. The van der Waals surface area contributed by atoms with Crippen LogP contribution in [-0.4, -0.2) is 34.3 Å². The maximum Gasteiger partial charge on any atom is 0.286 e. The number of imide groups is 1. The Morgan fingerprint density at radius 3 is 2.20 bits per heavy atom. The van der Waals surface area contributed by atoms with Gasteiger partial charge in [-0.25, -0.2) is 5.43 Å². The van der Waals surface area contributed by atoms with Crippen LogP contribution in [-0.2, 0) is 9.59 Å². The molecule has 2 aliphatic heterocycles. The Morgan fingerprint density at radius 1 is 1.00 bits per heavy atom. The lowest BCUT2D eigenvalue weighted by Crippen LogP contribution is -2.54.